The van der Waals surface area contributed by atoms with Crippen molar-refractivity contribution in [2.45, 2.75) is 3.79 Å². The highest BCUT2D eigenvalue weighted by molar-refractivity contribution is 7.83. The molecule has 0 saturated heterocycles. The van der Waals surface area contributed by atoms with E-state index in [4.69, 9.17) is 34.8 Å². The highest BCUT2D eigenvalue weighted by atomic mass is 35.6. The third-order valence-electron chi connectivity index (χ3n) is 0.636. The average molecular weight is 250 g/mol. The maximum Gasteiger partial charge on any atom is 0.411 e. The van der Waals surface area contributed by atoms with Gasteiger partial charge in [0.05, 0.1) is 0 Å². The van der Waals surface area contributed by atoms with Crippen LogP contribution in [0.4, 0.5) is 4.79 Å². The fraction of sp³-hybridized carbons (Fsp3) is 0.400. The van der Waals surface area contributed by atoms with Crippen LogP contribution >= 0.6 is 47.4 Å². The lowest BCUT2D eigenvalue weighted by molar-refractivity contribution is 0.152. The maximum atomic E-state index is 10.6. The highest BCUT2D eigenvalue weighted by Gasteiger charge is 2.21. The van der Waals surface area contributed by atoms with Crippen LogP contribution in [-0.4, -0.2) is 16.5 Å². The van der Waals surface area contributed by atoms with Gasteiger partial charge in [-0.1, -0.05) is 47.4 Å². The van der Waals surface area contributed by atoms with Gasteiger partial charge >= 0.3 is 6.09 Å². The minimum atomic E-state index is -1.59. The average Bonchev–Trinajstić information content (AvgIpc) is 1.95. The van der Waals surface area contributed by atoms with Crippen LogP contribution in [-0.2, 0) is 4.74 Å². The standard InChI is InChI=1S/C5H5Cl3NO2S/c6-5(7,8)3-11-4(10)9-1-2-12/h1-2H,3H2,(H,9,10)/b2-1+. The first kappa shape index (κ1) is 12.1. The van der Waals surface area contributed by atoms with E-state index in [0.717, 1.165) is 0 Å². The van der Waals surface area contributed by atoms with E-state index in [1.165, 1.54) is 11.6 Å². The summed E-state index contributed by atoms with van der Waals surface area (Å²) in [5, 5.41) is 3.40. The van der Waals surface area contributed by atoms with E-state index in [1.807, 2.05) is 0 Å². The molecule has 0 heterocycles. The van der Waals surface area contributed by atoms with Gasteiger partial charge in [-0.15, -0.1) is 0 Å². The Hall–Kier alpha value is 0.1000. The lowest BCUT2D eigenvalue weighted by Gasteiger charge is -2.10. The number of carbonyl (C=O) groups is 1. The van der Waals surface area contributed by atoms with Crippen LogP contribution in [0.25, 0.3) is 0 Å². The minimum Gasteiger partial charge on any atom is -0.445 e. The highest BCUT2D eigenvalue weighted by Crippen LogP contribution is 2.25. The van der Waals surface area contributed by atoms with Gasteiger partial charge in [0, 0.05) is 11.6 Å². The molecule has 12 heavy (non-hydrogen) atoms. The number of rotatable bonds is 2. The molecule has 0 aliphatic rings. The Morgan fingerprint density at radius 2 is 2.17 bits per heavy atom. The number of nitrogens with one attached hydrogen (secondary N) is 1. The maximum absolute atomic E-state index is 10.6. The normalized spacial score (nSPS) is 11.6. The van der Waals surface area contributed by atoms with E-state index in [2.05, 4.69) is 22.7 Å². The molecule has 0 atom stereocenters. The topological polar surface area (TPSA) is 38.3 Å². The third kappa shape index (κ3) is 8.20. The van der Waals surface area contributed by atoms with E-state index in [-0.39, 0.29) is 6.61 Å². The van der Waals surface area contributed by atoms with Gasteiger partial charge in [0.25, 0.3) is 0 Å². The number of carbonyl (C=O) groups excluding carboxylic acids is 1. The second-order valence-corrected chi connectivity index (χ2v) is 4.43. The summed E-state index contributed by atoms with van der Waals surface area (Å²) in [6.45, 7) is -0.311. The first-order valence-electron chi connectivity index (χ1n) is 2.73. The van der Waals surface area contributed by atoms with Gasteiger partial charge in [-0.2, -0.15) is 0 Å². The largest absolute Gasteiger partial charge is 0.445 e. The Morgan fingerprint density at radius 3 is 2.58 bits per heavy atom. The van der Waals surface area contributed by atoms with Crippen LogP contribution in [0.15, 0.2) is 11.6 Å². The zero-order valence-corrected chi connectivity index (χ0v) is 8.80. The SMILES string of the molecule is O=C(N/C=C/[S])OCC(Cl)(Cl)Cl. The molecule has 0 fully saturated rings. The molecule has 1 radical (unpaired) electrons. The van der Waals surface area contributed by atoms with Gasteiger partial charge in [0.1, 0.15) is 6.61 Å². The van der Waals surface area contributed by atoms with Gasteiger partial charge in [0.2, 0.25) is 3.79 Å². The molecular formula is C5H5Cl3NO2S. The van der Waals surface area contributed by atoms with Crippen molar-refractivity contribution in [1.82, 2.24) is 5.32 Å². The quantitative estimate of drug-likeness (QED) is 0.764. The zero-order valence-electron chi connectivity index (χ0n) is 5.72. The lowest BCUT2D eigenvalue weighted by Crippen LogP contribution is -2.23. The molecule has 0 rings (SSSR count). The Labute approximate surface area is 90.4 Å². The summed E-state index contributed by atoms with van der Waals surface area (Å²) < 4.78 is 2.88. The summed E-state index contributed by atoms with van der Waals surface area (Å²) in [5.41, 5.74) is 0. The fourth-order valence-electron chi connectivity index (χ4n) is 0.291. The summed E-state index contributed by atoms with van der Waals surface area (Å²) in [6.07, 6.45) is 0.512. The first-order chi connectivity index (χ1) is 5.45. The predicted octanol–water partition coefficient (Wildman–Crippen LogP) is 2.75. The van der Waals surface area contributed by atoms with Crippen molar-refractivity contribution < 1.29 is 9.53 Å². The van der Waals surface area contributed by atoms with Crippen LogP contribution in [0.1, 0.15) is 0 Å². The minimum absolute atomic E-state index is 0.311. The molecule has 0 aromatic rings. The van der Waals surface area contributed by atoms with Crippen LogP contribution in [0.5, 0.6) is 0 Å². The van der Waals surface area contributed by atoms with Crippen LogP contribution < -0.4 is 5.32 Å². The molecule has 1 amide bonds. The molecule has 0 aliphatic heterocycles. The summed E-state index contributed by atoms with van der Waals surface area (Å²) in [6, 6.07) is 0. The third-order valence-corrected chi connectivity index (χ3v) is 1.10. The van der Waals surface area contributed by atoms with Crippen LogP contribution in [0.3, 0.4) is 0 Å². The predicted molar refractivity (Wildman–Crippen MR) is 51.5 cm³/mol. The summed E-state index contributed by atoms with van der Waals surface area (Å²) in [4.78, 5) is 10.6. The Morgan fingerprint density at radius 1 is 1.58 bits per heavy atom. The van der Waals surface area contributed by atoms with Crippen LogP contribution in [0, 0.1) is 0 Å². The van der Waals surface area contributed by atoms with Crippen molar-refractivity contribution in [3.63, 3.8) is 0 Å². The van der Waals surface area contributed by atoms with Crippen LogP contribution in [0.2, 0.25) is 0 Å². The Balaban J connectivity index is 3.58. The number of ether oxygens (including phenoxy) is 1. The number of amides is 1. The van der Waals surface area contributed by atoms with Crippen molar-refractivity contribution in [3.05, 3.63) is 11.6 Å². The summed E-state index contributed by atoms with van der Waals surface area (Å²) in [7, 11) is 0. The summed E-state index contributed by atoms with van der Waals surface area (Å²) in [5.74, 6) is 0. The van der Waals surface area contributed by atoms with E-state index < -0.39 is 9.89 Å². The van der Waals surface area contributed by atoms with Gasteiger partial charge in [-0.05, 0) is 0 Å². The molecule has 7 heteroatoms. The Bertz CT molecular complexity index is 180. The van der Waals surface area contributed by atoms with Crippen molar-refractivity contribution in [3.8, 4) is 0 Å². The van der Waals surface area contributed by atoms with Gasteiger partial charge in [-0.25, -0.2) is 4.79 Å². The second kappa shape index (κ2) is 5.70. The summed E-state index contributed by atoms with van der Waals surface area (Å²) >= 11 is 20.3. The van der Waals surface area contributed by atoms with E-state index in [1.54, 1.807) is 0 Å². The second-order valence-electron chi connectivity index (χ2n) is 1.64. The molecule has 0 aliphatic carbocycles. The number of hydrogen-bond acceptors (Lipinski definition) is 2. The fourth-order valence-corrected chi connectivity index (χ4v) is 0.523. The molecule has 1 N–H and O–H groups in total. The first-order valence-corrected chi connectivity index (χ1v) is 4.33. The van der Waals surface area contributed by atoms with Crippen molar-refractivity contribution in [2.75, 3.05) is 6.61 Å². The van der Waals surface area contributed by atoms with Crippen molar-refractivity contribution in [2.24, 2.45) is 0 Å². The molecule has 0 spiro atoms. The Kier molecular flexibility index (Phi) is 5.74. The van der Waals surface area contributed by atoms with Crippen molar-refractivity contribution in [1.29, 1.82) is 0 Å². The molecule has 3 nitrogen and oxygen atoms in total. The van der Waals surface area contributed by atoms with E-state index in [9.17, 15) is 4.79 Å². The molecular weight excluding hydrogens is 244 g/mol. The number of hydrogen-bond donors (Lipinski definition) is 1. The van der Waals surface area contributed by atoms with E-state index >= 15 is 0 Å². The zero-order chi connectivity index (χ0) is 9.61. The molecule has 69 valence electrons. The van der Waals surface area contributed by atoms with Gasteiger partial charge in [0.15, 0.2) is 0 Å². The molecule has 0 unspecified atom stereocenters. The van der Waals surface area contributed by atoms with Crippen molar-refractivity contribution >= 4 is 53.5 Å². The number of alkyl carbamates (subject to hydrolysis) is 1. The number of alkyl halides is 3. The molecule has 0 saturated carbocycles. The molecule has 0 bridgehead atoms. The monoisotopic (exact) mass is 248 g/mol. The smallest absolute Gasteiger partial charge is 0.411 e. The van der Waals surface area contributed by atoms with Gasteiger partial charge in [-0.3, -0.25) is 5.32 Å². The number of halogens is 3. The lowest BCUT2D eigenvalue weighted by atomic mass is 10.8. The molecule has 0 aromatic heterocycles. The van der Waals surface area contributed by atoms with Gasteiger partial charge < -0.3 is 4.74 Å². The van der Waals surface area contributed by atoms with E-state index in [0.29, 0.717) is 0 Å². The molecule has 0 aromatic carbocycles.